The van der Waals surface area contributed by atoms with Crippen molar-refractivity contribution >= 4 is 27.5 Å². The van der Waals surface area contributed by atoms with Crippen LogP contribution in [0.15, 0.2) is 35.1 Å². The molecule has 1 aliphatic carbocycles. The van der Waals surface area contributed by atoms with Crippen LogP contribution >= 0.6 is 11.3 Å². The van der Waals surface area contributed by atoms with E-state index in [2.05, 4.69) is 0 Å². The maximum absolute atomic E-state index is 13.7. The van der Waals surface area contributed by atoms with Gasteiger partial charge >= 0.3 is 5.97 Å². The summed E-state index contributed by atoms with van der Waals surface area (Å²) in [7, 11) is 3.88. The highest BCUT2D eigenvalue weighted by Gasteiger charge is 2.28. The quantitative estimate of drug-likeness (QED) is 0.519. The van der Waals surface area contributed by atoms with Crippen molar-refractivity contribution in [3.63, 3.8) is 0 Å². The molecule has 6 nitrogen and oxygen atoms in total. The number of benzene rings is 1. The van der Waals surface area contributed by atoms with Crippen LogP contribution in [0.4, 0.5) is 0 Å². The predicted molar refractivity (Wildman–Crippen MR) is 123 cm³/mol. The second-order valence-electron chi connectivity index (χ2n) is 8.35. The molecule has 1 unspecified atom stereocenters. The van der Waals surface area contributed by atoms with Gasteiger partial charge < -0.3 is 9.64 Å². The summed E-state index contributed by atoms with van der Waals surface area (Å²) in [5.74, 6) is 0.225. The van der Waals surface area contributed by atoms with E-state index >= 15 is 0 Å². The van der Waals surface area contributed by atoms with Crippen LogP contribution in [-0.4, -0.2) is 34.5 Å². The van der Waals surface area contributed by atoms with E-state index in [1.807, 2.05) is 56.3 Å². The second-order valence-corrected chi connectivity index (χ2v) is 9.43. The zero-order valence-corrected chi connectivity index (χ0v) is 19.2. The van der Waals surface area contributed by atoms with Crippen LogP contribution in [0.25, 0.3) is 10.2 Å². The van der Waals surface area contributed by atoms with E-state index in [1.165, 1.54) is 4.88 Å². The van der Waals surface area contributed by atoms with Gasteiger partial charge in [0.05, 0.1) is 11.9 Å². The second kappa shape index (κ2) is 9.32. The fourth-order valence-electron chi connectivity index (χ4n) is 4.25. The molecule has 3 aromatic rings. The average Bonchev–Trinajstić information content (AvgIpc) is 3.13. The summed E-state index contributed by atoms with van der Waals surface area (Å²) in [6, 6.07) is 8.90. The van der Waals surface area contributed by atoms with Gasteiger partial charge in [-0.1, -0.05) is 37.3 Å². The molecule has 0 saturated heterocycles. The first kappa shape index (κ1) is 21.7. The fraction of sp³-hybridized carbons (Fsp3) is 0.458. The van der Waals surface area contributed by atoms with Crippen molar-refractivity contribution in [2.24, 2.45) is 0 Å². The lowest BCUT2D eigenvalue weighted by Crippen LogP contribution is -2.35. The number of fused-ring (bicyclic) bond motifs is 3. The maximum atomic E-state index is 13.7. The Morgan fingerprint density at radius 3 is 2.68 bits per heavy atom. The number of rotatable bonds is 7. The van der Waals surface area contributed by atoms with Crippen LogP contribution in [-0.2, 0) is 35.5 Å². The molecule has 0 fully saturated rings. The molecule has 7 heteroatoms. The average molecular weight is 440 g/mol. The zero-order valence-electron chi connectivity index (χ0n) is 18.4. The Morgan fingerprint density at radius 2 is 1.97 bits per heavy atom. The molecule has 4 rings (SSSR count). The van der Waals surface area contributed by atoms with Gasteiger partial charge in [0, 0.05) is 4.88 Å². The van der Waals surface area contributed by atoms with E-state index in [-0.39, 0.29) is 12.2 Å². The Hall–Kier alpha value is -2.51. The molecule has 2 aromatic heterocycles. The summed E-state index contributed by atoms with van der Waals surface area (Å²) >= 11 is 1.64. The molecule has 1 atom stereocenters. The minimum absolute atomic E-state index is 0.107. The van der Waals surface area contributed by atoms with Gasteiger partial charge in [-0.3, -0.25) is 9.36 Å². The monoisotopic (exact) mass is 439 g/mol. The van der Waals surface area contributed by atoms with Gasteiger partial charge in [-0.05, 0) is 57.3 Å². The number of carbonyl (C=O) groups excluding carboxylic acids is 1. The lowest BCUT2D eigenvalue weighted by atomic mass is 9.97. The van der Waals surface area contributed by atoms with Crippen molar-refractivity contribution in [1.29, 1.82) is 0 Å². The smallest absolute Gasteiger partial charge is 0.329 e. The number of nitrogens with zero attached hydrogens (tertiary/aromatic N) is 3. The molecule has 1 aromatic carbocycles. The van der Waals surface area contributed by atoms with Gasteiger partial charge in [-0.25, -0.2) is 9.78 Å². The third-order valence-corrected chi connectivity index (χ3v) is 6.93. The summed E-state index contributed by atoms with van der Waals surface area (Å²) in [5.41, 5.74) is 1.96. The number of ether oxygens (including phenoxy) is 1. The van der Waals surface area contributed by atoms with E-state index < -0.39 is 12.0 Å². The van der Waals surface area contributed by atoms with Gasteiger partial charge in [-0.15, -0.1) is 11.3 Å². The molecule has 31 heavy (non-hydrogen) atoms. The summed E-state index contributed by atoms with van der Waals surface area (Å²) in [6.45, 7) is 2.58. The first-order chi connectivity index (χ1) is 15.0. The third kappa shape index (κ3) is 4.43. The van der Waals surface area contributed by atoms with Gasteiger partial charge in [0.15, 0.2) is 0 Å². The van der Waals surface area contributed by atoms with Crippen LogP contribution in [0.5, 0.6) is 0 Å². The largest absolute Gasteiger partial charge is 0.459 e. The van der Waals surface area contributed by atoms with Crippen molar-refractivity contribution < 1.29 is 9.53 Å². The van der Waals surface area contributed by atoms with Gasteiger partial charge in [0.1, 0.15) is 23.3 Å². The molecule has 0 saturated carbocycles. The lowest BCUT2D eigenvalue weighted by molar-refractivity contribution is -0.149. The first-order valence-corrected chi connectivity index (χ1v) is 11.7. The summed E-state index contributed by atoms with van der Waals surface area (Å²) in [4.78, 5) is 35.8. The Bertz CT molecular complexity index is 1130. The van der Waals surface area contributed by atoms with E-state index in [0.29, 0.717) is 24.2 Å². The highest BCUT2D eigenvalue weighted by Crippen LogP contribution is 2.34. The van der Waals surface area contributed by atoms with Crippen molar-refractivity contribution in [1.82, 2.24) is 14.5 Å². The summed E-state index contributed by atoms with van der Waals surface area (Å²) in [5, 5.41) is 0.705. The molecule has 164 valence electrons. The van der Waals surface area contributed by atoms with Crippen molar-refractivity contribution in [2.75, 3.05) is 14.1 Å². The van der Waals surface area contributed by atoms with E-state index in [0.717, 1.165) is 41.6 Å². The SMILES string of the molecule is CCC(C(=O)OCc1ccccc1)n1c(CN(C)C)nc2sc3c(c2c1=O)CCCC3. The Balaban J connectivity index is 1.76. The maximum Gasteiger partial charge on any atom is 0.329 e. The van der Waals surface area contributed by atoms with Crippen LogP contribution < -0.4 is 5.56 Å². The molecule has 0 amide bonds. The molecule has 1 aliphatic rings. The van der Waals surface area contributed by atoms with Crippen LogP contribution in [0.2, 0.25) is 0 Å². The number of carbonyl (C=O) groups is 1. The molecular weight excluding hydrogens is 410 g/mol. The van der Waals surface area contributed by atoms with Crippen molar-refractivity contribution in [3.8, 4) is 0 Å². The van der Waals surface area contributed by atoms with Gasteiger partial charge in [-0.2, -0.15) is 0 Å². The molecule has 0 radical (unpaired) electrons. The minimum Gasteiger partial charge on any atom is -0.459 e. The Kier molecular flexibility index (Phi) is 6.53. The van der Waals surface area contributed by atoms with Gasteiger partial charge in [0.25, 0.3) is 5.56 Å². The Labute approximate surface area is 186 Å². The third-order valence-electron chi connectivity index (χ3n) is 5.75. The summed E-state index contributed by atoms with van der Waals surface area (Å²) < 4.78 is 7.21. The number of aryl methyl sites for hydroxylation is 2. The highest BCUT2D eigenvalue weighted by molar-refractivity contribution is 7.18. The molecule has 0 spiro atoms. The standard InChI is InChI=1S/C24H29N3O3S/c1-4-18(24(29)30-15-16-10-6-5-7-11-16)27-20(14-26(2)3)25-22-21(23(27)28)17-12-8-9-13-19(17)31-22/h5-7,10-11,18H,4,8-9,12-15H2,1-3H3. The van der Waals surface area contributed by atoms with Crippen LogP contribution in [0.1, 0.15) is 54.1 Å². The van der Waals surface area contributed by atoms with Crippen molar-refractivity contribution in [3.05, 3.63) is 62.5 Å². The van der Waals surface area contributed by atoms with Crippen LogP contribution in [0.3, 0.4) is 0 Å². The molecule has 2 heterocycles. The molecule has 0 N–H and O–H groups in total. The first-order valence-electron chi connectivity index (χ1n) is 10.9. The predicted octanol–water partition coefficient (Wildman–Crippen LogP) is 4.09. The van der Waals surface area contributed by atoms with E-state index in [1.54, 1.807) is 15.9 Å². The van der Waals surface area contributed by atoms with E-state index in [9.17, 15) is 9.59 Å². The number of esters is 1. The topological polar surface area (TPSA) is 64.4 Å². The Morgan fingerprint density at radius 1 is 1.23 bits per heavy atom. The van der Waals surface area contributed by atoms with E-state index in [4.69, 9.17) is 9.72 Å². The number of hydrogen-bond acceptors (Lipinski definition) is 6. The molecule has 0 bridgehead atoms. The fourth-order valence-corrected chi connectivity index (χ4v) is 5.53. The molecule has 0 aliphatic heterocycles. The lowest BCUT2D eigenvalue weighted by Gasteiger charge is -2.22. The van der Waals surface area contributed by atoms with Crippen LogP contribution in [0, 0.1) is 0 Å². The summed E-state index contributed by atoms with van der Waals surface area (Å²) in [6.07, 6.45) is 4.63. The molecular formula is C24H29N3O3S. The highest BCUT2D eigenvalue weighted by atomic mass is 32.1. The number of thiophene rings is 1. The number of aromatic nitrogens is 2. The van der Waals surface area contributed by atoms with Crippen molar-refractivity contribution in [2.45, 2.75) is 58.2 Å². The number of hydrogen-bond donors (Lipinski definition) is 0. The van der Waals surface area contributed by atoms with Gasteiger partial charge in [0.2, 0.25) is 0 Å². The minimum atomic E-state index is -0.692. The zero-order chi connectivity index (χ0) is 22.0. The normalized spacial score (nSPS) is 14.6.